The fourth-order valence-electron chi connectivity index (χ4n) is 4.42. The van der Waals surface area contributed by atoms with Crippen molar-refractivity contribution in [3.63, 3.8) is 0 Å². The summed E-state index contributed by atoms with van der Waals surface area (Å²) in [5.41, 5.74) is 3.45. The third kappa shape index (κ3) is 3.92. The molecular formula is C23H28BrNO4. The Bertz CT molecular complexity index is 872. The Kier molecular flexibility index (Phi) is 6.20. The van der Waals surface area contributed by atoms with Crippen LogP contribution < -0.4 is 19.5 Å². The quantitative estimate of drug-likeness (QED) is 0.580. The van der Waals surface area contributed by atoms with E-state index in [0.717, 1.165) is 46.9 Å². The summed E-state index contributed by atoms with van der Waals surface area (Å²) >= 11 is 3.69. The van der Waals surface area contributed by atoms with Crippen LogP contribution in [0.2, 0.25) is 0 Å². The van der Waals surface area contributed by atoms with Crippen LogP contribution in [-0.4, -0.2) is 26.9 Å². The highest BCUT2D eigenvalue weighted by atomic mass is 79.9. The SMILES string of the molecule is CCOc1cc(C2Nc3ccc(OC)cc3[C@H]3OCCC[C@@H]23)cc(Br)c1OCC. The summed E-state index contributed by atoms with van der Waals surface area (Å²) in [6.07, 6.45) is 2.23. The van der Waals surface area contributed by atoms with Crippen molar-refractivity contribution in [2.24, 2.45) is 5.92 Å². The zero-order chi connectivity index (χ0) is 20.4. The second-order valence-electron chi connectivity index (χ2n) is 7.37. The maximum absolute atomic E-state index is 6.27. The van der Waals surface area contributed by atoms with Crippen molar-refractivity contribution in [2.75, 3.05) is 32.2 Å². The molecule has 1 fully saturated rings. The van der Waals surface area contributed by atoms with Crippen molar-refractivity contribution in [2.45, 2.75) is 38.8 Å². The Morgan fingerprint density at radius 1 is 1.14 bits per heavy atom. The van der Waals surface area contributed by atoms with Gasteiger partial charge in [-0.2, -0.15) is 0 Å². The number of anilines is 1. The molecule has 1 saturated heterocycles. The van der Waals surface area contributed by atoms with Crippen LogP contribution in [0.3, 0.4) is 0 Å². The molecule has 1 N–H and O–H groups in total. The van der Waals surface area contributed by atoms with Crippen molar-refractivity contribution in [1.29, 1.82) is 0 Å². The molecule has 3 atom stereocenters. The largest absolute Gasteiger partial charge is 0.497 e. The topological polar surface area (TPSA) is 49.0 Å². The second-order valence-corrected chi connectivity index (χ2v) is 8.22. The Labute approximate surface area is 180 Å². The van der Waals surface area contributed by atoms with Gasteiger partial charge in [0.05, 0.1) is 36.9 Å². The average molecular weight is 462 g/mol. The van der Waals surface area contributed by atoms with Crippen molar-refractivity contribution >= 4 is 21.6 Å². The first-order valence-corrected chi connectivity index (χ1v) is 11.1. The fourth-order valence-corrected chi connectivity index (χ4v) is 4.99. The minimum Gasteiger partial charge on any atom is -0.497 e. The zero-order valence-electron chi connectivity index (χ0n) is 17.2. The number of ether oxygens (including phenoxy) is 4. The molecule has 29 heavy (non-hydrogen) atoms. The van der Waals surface area contributed by atoms with Crippen molar-refractivity contribution in [1.82, 2.24) is 0 Å². The van der Waals surface area contributed by atoms with Gasteiger partial charge in [-0.15, -0.1) is 0 Å². The lowest BCUT2D eigenvalue weighted by Crippen LogP contribution is -2.36. The van der Waals surface area contributed by atoms with Gasteiger partial charge in [0.15, 0.2) is 11.5 Å². The number of methoxy groups -OCH3 is 1. The van der Waals surface area contributed by atoms with Gasteiger partial charge in [0.1, 0.15) is 5.75 Å². The van der Waals surface area contributed by atoms with E-state index < -0.39 is 0 Å². The summed E-state index contributed by atoms with van der Waals surface area (Å²) in [4.78, 5) is 0. The predicted octanol–water partition coefficient (Wildman–Crippen LogP) is 5.89. The van der Waals surface area contributed by atoms with Crippen molar-refractivity contribution < 1.29 is 18.9 Å². The van der Waals surface area contributed by atoms with Crippen LogP contribution in [0, 0.1) is 5.92 Å². The van der Waals surface area contributed by atoms with Gasteiger partial charge in [-0.1, -0.05) is 0 Å². The Hall–Kier alpha value is -1.92. The maximum Gasteiger partial charge on any atom is 0.175 e. The summed E-state index contributed by atoms with van der Waals surface area (Å²) in [6, 6.07) is 10.6. The Morgan fingerprint density at radius 3 is 2.72 bits per heavy atom. The highest BCUT2D eigenvalue weighted by Gasteiger charge is 2.40. The van der Waals surface area contributed by atoms with Crippen LogP contribution >= 0.6 is 15.9 Å². The van der Waals surface area contributed by atoms with Gasteiger partial charge in [0.2, 0.25) is 0 Å². The first-order valence-electron chi connectivity index (χ1n) is 10.3. The smallest absolute Gasteiger partial charge is 0.175 e. The molecule has 0 aromatic heterocycles. The van der Waals surface area contributed by atoms with Crippen LogP contribution in [0.25, 0.3) is 0 Å². The molecule has 2 aliphatic heterocycles. The van der Waals surface area contributed by atoms with E-state index in [-0.39, 0.29) is 12.1 Å². The lowest BCUT2D eigenvalue weighted by atomic mass is 9.77. The van der Waals surface area contributed by atoms with E-state index in [1.54, 1.807) is 7.11 Å². The molecule has 2 aromatic carbocycles. The number of hydrogen-bond acceptors (Lipinski definition) is 5. The molecule has 0 amide bonds. The lowest BCUT2D eigenvalue weighted by Gasteiger charge is -2.43. The molecular weight excluding hydrogens is 434 g/mol. The molecule has 0 saturated carbocycles. The number of halogens is 1. The standard InChI is InChI=1S/C23H28BrNO4/c1-4-27-20-12-14(11-18(24)23(20)28-5-2)21-16-7-6-10-29-22(16)17-13-15(26-3)8-9-19(17)25-21/h8-9,11-13,16,21-22,25H,4-7,10H2,1-3H3/t16-,21?,22-/m0/s1. The molecule has 0 radical (unpaired) electrons. The van der Waals surface area contributed by atoms with E-state index in [1.165, 1.54) is 11.1 Å². The normalized spacial score (nSPS) is 22.8. The molecule has 6 heteroatoms. The van der Waals surface area contributed by atoms with Crippen LogP contribution in [0.5, 0.6) is 17.2 Å². The molecule has 4 rings (SSSR count). The summed E-state index contributed by atoms with van der Waals surface area (Å²) in [5.74, 6) is 2.73. The molecule has 156 valence electrons. The average Bonchev–Trinajstić information content (AvgIpc) is 2.75. The molecule has 0 bridgehead atoms. The summed E-state index contributed by atoms with van der Waals surface area (Å²) in [6.45, 7) is 5.94. The number of benzene rings is 2. The van der Waals surface area contributed by atoms with Gasteiger partial charge in [0.25, 0.3) is 0 Å². The van der Waals surface area contributed by atoms with Crippen LogP contribution in [0.1, 0.15) is 50.0 Å². The van der Waals surface area contributed by atoms with E-state index in [0.29, 0.717) is 19.1 Å². The first-order chi connectivity index (χ1) is 14.2. The summed E-state index contributed by atoms with van der Waals surface area (Å²) in [5, 5.41) is 3.76. The van der Waals surface area contributed by atoms with Crippen molar-refractivity contribution in [3.8, 4) is 17.2 Å². The minimum atomic E-state index is 0.0565. The van der Waals surface area contributed by atoms with Crippen LogP contribution in [0.15, 0.2) is 34.8 Å². The molecule has 2 heterocycles. The Balaban J connectivity index is 1.76. The predicted molar refractivity (Wildman–Crippen MR) is 117 cm³/mol. The van der Waals surface area contributed by atoms with Gasteiger partial charge in [-0.3, -0.25) is 0 Å². The zero-order valence-corrected chi connectivity index (χ0v) is 18.8. The van der Waals surface area contributed by atoms with E-state index in [1.807, 2.05) is 19.9 Å². The van der Waals surface area contributed by atoms with Gasteiger partial charge in [0, 0.05) is 23.8 Å². The number of rotatable bonds is 6. The summed E-state index contributed by atoms with van der Waals surface area (Å²) < 4.78 is 24.4. The molecule has 1 unspecified atom stereocenters. The van der Waals surface area contributed by atoms with Crippen molar-refractivity contribution in [3.05, 3.63) is 45.9 Å². The van der Waals surface area contributed by atoms with E-state index in [9.17, 15) is 0 Å². The fraction of sp³-hybridized carbons (Fsp3) is 0.478. The highest BCUT2D eigenvalue weighted by Crippen LogP contribution is 2.51. The number of hydrogen-bond donors (Lipinski definition) is 1. The Morgan fingerprint density at radius 2 is 1.97 bits per heavy atom. The highest BCUT2D eigenvalue weighted by molar-refractivity contribution is 9.10. The summed E-state index contributed by atoms with van der Waals surface area (Å²) in [7, 11) is 1.70. The van der Waals surface area contributed by atoms with Crippen LogP contribution in [0.4, 0.5) is 5.69 Å². The second kappa shape index (κ2) is 8.84. The number of fused-ring (bicyclic) bond motifs is 3. The third-order valence-corrected chi connectivity index (χ3v) is 6.24. The molecule has 0 aliphatic carbocycles. The monoisotopic (exact) mass is 461 g/mol. The third-order valence-electron chi connectivity index (χ3n) is 5.65. The van der Waals surface area contributed by atoms with E-state index in [4.69, 9.17) is 18.9 Å². The van der Waals surface area contributed by atoms with Gasteiger partial charge >= 0.3 is 0 Å². The maximum atomic E-state index is 6.27. The number of nitrogens with one attached hydrogen (secondary N) is 1. The minimum absolute atomic E-state index is 0.0565. The molecule has 5 nitrogen and oxygen atoms in total. The van der Waals surface area contributed by atoms with Crippen LogP contribution in [-0.2, 0) is 4.74 Å². The van der Waals surface area contributed by atoms with Gasteiger partial charge in [-0.05, 0) is 78.5 Å². The van der Waals surface area contributed by atoms with E-state index >= 15 is 0 Å². The van der Waals surface area contributed by atoms with Gasteiger partial charge in [-0.25, -0.2) is 0 Å². The molecule has 2 aliphatic rings. The molecule has 2 aromatic rings. The van der Waals surface area contributed by atoms with E-state index in [2.05, 4.69) is 45.5 Å². The first kappa shape index (κ1) is 20.4. The molecule has 0 spiro atoms. The lowest BCUT2D eigenvalue weighted by molar-refractivity contribution is -0.0382. The van der Waals surface area contributed by atoms with Gasteiger partial charge < -0.3 is 24.3 Å².